The van der Waals surface area contributed by atoms with Crippen LogP contribution in [-0.2, 0) is 16.2 Å². The zero-order chi connectivity index (χ0) is 12.7. The van der Waals surface area contributed by atoms with E-state index < -0.39 is 5.91 Å². The second-order valence-corrected chi connectivity index (χ2v) is 3.85. The van der Waals surface area contributed by atoms with Gasteiger partial charge in [-0.05, 0) is 19.9 Å². The fraction of sp³-hybridized carbons (Fsp3) is 0.417. The summed E-state index contributed by atoms with van der Waals surface area (Å²) in [6.07, 6.45) is 0.114. The van der Waals surface area contributed by atoms with Crippen molar-refractivity contribution in [2.24, 2.45) is 5.73 Å². The number of primary amides is 1. The summed E-state index contributed by atoms with van der Waals surface area (Å²) in [7, 11) is 0. The zero-order valence-electron chi connectivity index (χ0n) is 10.1. The maximum absolute atomic E-state index is 10.5. The molecule has 1 rings (SSSR count). The van der Waals surface area contributed by atoms with Crippen LogP contribution in [0.25, 0.3) is 0 Å². The van der Waals surface area contributed by atoms with E-state index in [-0.39, 0.29) is 12.7 Å². The van der Waals surface area contributed by atoms with Gasteiger partial charge in [0.15, 0.2) is 0 Å². The van der Waals surface area contributed by atoms with Gasteiger partial charge in [-0.25, -0.2) is 0 Å². The van der Waals surface area contributed by atoms with Gasteiger partial charge in [-0.3, -0.25) is 9.63 Å². The Balaban J connectivity index is 2.49. The van der Waals surface area contributed by atoms with Gasteiger partial charge in [0.25, 0.3) is 0 Å². The molecule has 1 amide bonds. The number of carbonyl (C=O) groups is 1. The molecular weight excluding hydrogens is 220 g/mol. The van der Waals surface area contributed by atoms with Crippen LogP contribution in [0.4, 0.5) is 0 Å². The molecule has 0 aliphatic carbocycles. The van der Waals surface area contributed by atoms with Crippen molar-refractivity contribution in [3.63, 3.8) is 0 Å². The van der Waals surface area contributed by atoms with Crippen molar-refractivity contribution in [2.75, 3.05) is 6.61 Å². The number of ether oxygens (including phenoxy) is 1. The van der Waals surface area contributed by atoms with Crippen LogP contribution in [0.3, 0.4) is 0 Å². The molecule has 0 aromatic heterocycles. The molecule has 0 heterocycles. The average molecular weight is 238 g/mol. The first-order valence-corrected chi connectivity index (χ1v) is 5.47. The Kier molecular flexibility index (Phi) is 5.45. The van der Waals surface area contributed by atoms with E-state index in [1.165, 1.54) is 0 Å². The third kappa shape index (κ3) is 5.33. The maximum atomic E-state index is 10.5. The summed E-state index contributed by atoms with van der Waals surface area (Å²) in [5.74, 6) is 0.293. The summed E-state index contributed by atoms with van der Waals surface area (Å²) < 4.78 is 5.64. The number of amides is 1. The minimum Gasteiger partial charge on any atom is -0.491 e. The predicted molar refractivity (Wildman–Crippen MR) is 64.2 cm³/mol. The number of para-hydroxylation sites is 1. The number of nitrogens with one attached hydrogen (secondary N) is 1. The summed E-state index contributed by atoms with van der Waals surface area (Å²) in [6.45, 7) is 4.24. The van der Waals surface area contributed by atoms with Crippen molar-refractivity contribution in [3.05, 3.63) is 29.8 Å². The third-order valence-corrected chi connectivity index (χ3v) is 1.91. The van der Waals surface area contributed by atoms with Crippen molar-refractivity contribution in [2.45, 2.75) is 26.5 Å². The summed E-state index contributed by atoms with van der Waals surface area (Å²) in [5.41, 5.74) is 8.57. The van der Waals surface area contributed by atoms with E-state index >= 15 is 0 Å². The summed E-state index contributed by atoms with van der Waals surface area (Å²) in [6, 6.07) is 7.65. The third-order valence-electron chi connectivity index (χ3n) is 1.91. The van der Waals surface area contributed by atoms with Crippen LogP contribution in [0.1, 0.15) is 19.4 Å². The second-order valence-electron chi connectivity index (χ2n) is 3.85. The van der Waals surface area contributed by atoms with Gasteiger partial charge < -0.3 is 10.5 Å². The molecule has 1 aromatic carbocycles. The molecule has 5 heteroatoms. The van der Waals surface area contributed by atoms with Crippen molar-refractivity contribution >= 4 is 5.91 Å². The van der Waals surface area contributed by atoms with E-state index in [1.807, 2.05) is 38.1 Å². The molecule has 0 bridgehead atoms. The topological polar surface area (TPSA) is 73.6 Å². The van der Waals surface area contributed by atoms with Crippen molar-refractivity contribution in [3.8, 4) is 5.75 Å². The highest BCUT2D eigenvalue weighted by atomic mass is 16.6. The minimum atomic E-state index is -0.510. The van der Waals surface area contributed by atoms with E-state index in [1.54, 1.807) is 0 Å². The van der Waals surface area contributed by atoms with E-state index in [2.05, 4.69) is 5.48 Å². The molecule has 3 N–H and O–H groups in total. The number of benzene rings is 1. The van der Waals surface area contributed by atoms with Gasteiger partial charge >= 0.3 is 0 Å². The minimum absolute atomic E-state index is 0.114. The molecule has 0 aliphatic rings. The summed E-state index contributed by atoms with van der Waals surface area (Å²) >= 11 is 0. The van der Waals surface area contributed by atoms with Gasteiger partial charge in [-0.15, -0.1) is 0 Å². The molecule has 1 aromatic rings. The van der Waals surface area contributed by atoms with Crippen LogP contribution in [0.2, 0.25) is 0 Å². The van der Waals surface area contributed by atoms with Gasteiger partial charge in [-0.1, -0.05) is 18.2 Å². The predicted octanol–water partition coefficient (Wildman–Crippen LogP) is 0.980. The summed E-state index contributed by atoms with van der Waals surface area (Å²) in [5, 5.41) is 0. The Morgan fingerprint density at radius 1 is 1.41 bits per heavy atom. The number of hydroxylamine groups is 1. The van der Waals surface area contributed by atoms with Crippen molar-refractivity contribution < 1.29 is 14.4 Å². The average Bonchev–Trinajstić information content (AvgIpc) is 2.25. The lowest BCUT2D eigenvalue weighted by Gasteiger charge is -2.14. The van der Waals surface area contributed by atoms with Crippen molar-refractivity contribution in [1.82, 2.24) is 5.48 Å². The van der Waals surface area contributed by atoms with E-state index in [4.69, 9.17) is 15.3 Å². The number of carbonyl (C=O) groups excluding carboxylic acids is 1. The normalized spacial score (nSPS) is 10.5. The lowest BCUT2D eigenvalue weighted by molar-refractivity contribution is -0.125. The SMILES string of the molecule is CC(C)Oc1ccccc1CNOCC(N)=O. The Hall–Kier alpha value is -1.59. The van der Waals surface area contributed by atoms with E-state index in [9.17, 15) is 4.79 Å². The molecule has 0 fully saturated rings. The largest absolute Gasteiger partial charge is 0.491 e. The Morgan fingerprint density at radius 3 is 2.76 bits per heavy atom. The number of hydrogen-bond donors (Lipinski definition) is 2. The second kappa shape index (κ2) is 6.88. The molecule has 0 unspecified atom stereocenters. The standard InChI is InChI=1S/C12H18N2O3/c1-9(2)17-11-6-4-3-5-10(11)7-14-16-8-12(13)15/h3-6,9,14H,7-8H2,1-2H3,(H2,13,15). The molecule has 0 atom stereocenters. The molecule has 0 aliphatic heterocycles. The highest BCUT2D eigenvalue weighted by Gasteiger charge is 2.04. The quantitative estimate of drug-likeness (QED) is 0.548. The molecule has 0 saturated heterocycles. The molecule has 0 radical (unpaired) electrons. The number of nitrogens with two attached hydrogens (primary N) is 1. The highest BCUT2D eigenvalue weighted by molar-refractivity contribution is 5.74. The first-order valence-electron chi connectivity index (χ1n) is 5.47. The first-order chi connectivity index (χ1) is 8.09. The van der Waals surface area contributed by atoms with Gasteiger partial charge in [0.2, 0.25) is 5.91 Å². The van der Waals surface area contributed by atoms with Gasteiger partial charge in [0.05, 0.1) is 6.10 Å². The fourth-order valence-corrected chi connectivity index (χ4v) is 1.27. The first kappa shape index (κ1) is 13.5. The monoisotopic (exact) mass is 238 g/mol. The Bertz CT molecular complexity index is 367. The maximum Gasteiger partial charge on any atom is 0.245 e. The molecule has 0 spiro atoms. The van der Waals surface area contributed by atoms with Crippen LogP contribution in [0.5, 0.6) is 5.75 Å². The lowest BCUT2D eigenvalue weighted by Crippen LogP contribution is -2.24. The Morgan fingerprint density at radius 2 is 2.12 bits per heavy atom. The van der Waals surface area contributed by atoms with Crippen LogP contribution in [0.15, 0.2) is 24.3 Å². The van der Waals surface area contributed by atoms with Crippen LogP contribution < -0.4 is 16.0 Å². The van der Waals surface area contributed by atoms with E-state index in [0.29, 0.717) is 6.54 Å². The van der Waals surface area contributed by atoms with Gasteiger partial charge in [-0.2, -0.15) is 5.48 Å². The zero-order valence-corrected chi connectivity index (χ0v) is 10.1. The number of hydrogen-bond acceptors (Lipinski definition) is 4. The molecule has 94 valence electrons. The fourth-order valence-electron chi connectivity index (χ4n) is 1.27. The highest BCUT2D eigenvalue weighted by Crippen LogP contribution is 2.18. The van der Waals surface area contributed by atoms with Gasteiger partial charge in [0, 0.05) is 12.1 Å². The van der Waals surface area contributed by atoms with Crippen LogP contribution in [0, 0.1) is 0 Å². The Labute approximate surface area is 101 Å². The number of rotatable bonds is 7. The lowest BCUT2D eigenvalue weighted by atomic mass is 10.2. The van der Waals surface area contributed by atoms with Crippen LogP contribution in [-0.4, -0.2) is 18.6 Å². The molecular formula is C12H18N2O3. The van der Waals surface area contributed by atoms with E-state index in [0.717, 1.165) is 11.3 Å². The van der Waals surface area contributed by atoms with Crippen molar-refractivity contribution in [1.29, 1.82) is 0 Å². The molecule has 5 nitrogen and oxygen atoms in total. The van der Waals surface area contributed by atoms with Crippen LogP contribution >= 0.6 is 0 Å². The molecule has 17 heavy (non-hydrogen) atoms. The molecule has 0 saturated carbocycles. The van der Waals surface area contributed by atoms with Gasteiger partial charge in [0.1, 0.15) is 12.4 Å². The smallest absolute Gasteiger partial charge is 0.245 e. The summed E-state index contributed by atoms with van der Waals surface area (Å²) in [4.78, 5) is 15.3.